The summed E-state index contributed by atoms with van der Waals surface area (Å²) < 4.78 is 29.1. The minimum Gasteiger partial charge on any atom is -0.491 e. The van der Waals surface area contributed by atoms with Crippen molar-refractivity contribution in [2.45, 2.75) is 69.3 Å². The van der Waals surface area contributed by atoms with Crippen molar-refractivity contribution in [2.75, 3.05) is 6.26 Å². The molecule has 0 saturated heterocycles. The number of benzene rings is 2. The van der Waals surface area contributed by atoms with E-state index in [0.717, 1.165) is 5.75 Å². The molecule has 1 fully saturated rings. The summed E-state index contributed by atoms with van der Waals surface area (Å²) in [4.78, 5) is 0.405. The highest BCUT2D eigenvalue weighted by molar-refractivity contribution is 7.90. The van der Waals surface area contributed by atoms with Gasteiger partial charge in [-0.3, -0.25) is 0 Å². The molecule has 0 bridgehead atoms. The van der Waals surface area contributed by atoms with Gasteiger partial charge in [-0.15, -0.1) is 0 Å². The van der Waals surface area contributed by atoms with Gasteiger partial charge in [0.25, 0.3) is 0 Å². The fraction of sp³-hybridized carbons (Fsp3) is 0.500. The predicted molar refractivity (Wildman–Crippen MR) is 115 cm³/mol. The monoisotopic (exact) mass is 400 g/mol. The van der Waals surface area contributed by atoms with E-state index in [-0.39, 0.29) is 6.10 Å². The first-order valence-electron chi connectivity index (χ1n) is 10.3. The van der Waals surface area contributed by atoms with Gasteiger partial charge in [-0.25, -0.2) is 8.42 Å². The molecule has 1 aliphatic carbocycles. The van der Waals surface area contributed by atoms with E-state index in [1.54, 1.807) is 12.1 Å². The third kappa shape index (κ3) is 5.38. The molecule has 0 aliphatic heterocycles. The molecule has 152 valence electrons. The van der Waals surface area contributed by atoms with Gasteiger partial charge in [-0.1, -0.05) is 31.2 Å². The number of hydrogen-bond donors (Lipinski definition) is 0. The average Bonchev–Trinajstić information content (AvgIpc) is 3.09. The van der Waals surface area contributed by atoms with Crippen molar-refractivity contribution in [3.05, 3.63) is 59.7 Å². The first-order valence-corrected chi connectivity index (χ1v) is 12.2. The molecule has 0 amide bonds. The van der Waals surface area contributed by atoms with Crippen LogP contribution in [0.4, 0.5) is 0 Å². The van der Waals surface area contributed by atoms with Crippen molar-refractivity contribution in [2.24, 2.45) is 5.92 Å². The summed E-state index contributed by atoms with van der Waals surface area (Å²) in [6, 6.07) is 16.0. The second-order valence-electron chi connectivity index (χ2n) is 8.59. The Hall–Kier alpha value is -1.81. The van der Waals surface area contributed by atoms with Gasteiger partial charge < -0.3 is 4.74 Å². The van der Waals surface area contributed by atoms with E-state index in [1.165, 1.54) is 43.1 Å². The molecule has 3 rings (SSSR count). The summed E-state index contributed by atoms with van der Waals surface area (Å²) >= 11 is 0. The molecule has 1 aliphatic rings. The largest absolute Gasteiger partial charge is 0.491 e. The first-order chi connectivity index (χ1) is 13.2. The lowest BCUT2D eigenvalue weighted by molar-refractivity contribution is 0.242. The van der Waals surface area contributed by atoms with Crippen molar-refractivity contribution in [3.8, 4) is 5.75 Å². The van der Waals surface area contributed by atoms with Crippen LogP contribution in [0.15, 0.2) is 53.4 Å². The lowest BCUT2D eigenvalue weighted by Crippen LogP contribution is -2.07. The molecular formula is C24H32O3S. The van der Waals surface area contributed by atoms with E-state index in [0.29, 0.717) is 22.6 Å². The number of rotatable bonds is 7. The second-order valence-corrected chi connectivity index (χ2v) is 10.6. The molecule has 3 atom stereocenters. The van der Waals surface area contributed by atoms with Crippen LogP contribution in [0.25, 0.3) is 0 Å². The van der Waals surface area contributed by atoms with Crippen LogP contribution in [0, 0.1) is 5.92 Å². The second kappa shape index (κ2) is 8.69. The fourth-order valence-electron chi connectivity index (χ4n) is 4.38. The quantitative estimate of drug-likeness (QED) is 0.576. The molecule has 0 N–H and O–H groups in total. The van der Waals surface area contributed by atoms with Crippen LogP contribution in [-0.2, 0) is 9.84 Å². The lowest BCUT2D eigenvalue weighted by atomic mass is 9.88. The molecular weight excluding hydrogens is 368 g/mol. The normalized spacial score (nSPS) is 21.0. The van der Waals surface area contributed by atoms with Crippen molar-refractivity contribution in [1.29, 1.82) is 0 Å². The van der Waals surface area contributed by atoms with Gasteiger partial charge in [0, 0.05) is 6.26 Å². The van der Waals surface area contributed by atoms with Crippen LogP contribution in [0.3, 0.4) is 0 Å². The number of sulfone groups is 1. The van der Waals surface area contributed by atoms with Gasteiger partial charge in [-0.2, -0.15) is 0 Å². The van der Waals surface area contributed by atoms with Crippen molar-refractivity contribution in [1.82, 2.24) is 0 Å². The minimum atomic E-state index is -3.12. The third-order valence-electron chi connectivity index (χ3n) is 5.81. The zero-order chi connectivity index (χ0) is 20.3. The summed E-state index contributed by atoms with van der Waals surface area (Å²) in [5.41, 5.74) is 2.62. The predicted octanol–water partition coefficient (Wildman–Crippen LogP) is 5.95. The van der Waals surface area contributed by atoms with Gasteiger partial charge in [0.05, 0.1) is 11.0 Å². The molecule has 4 heteroatoms. The van der Waals surface area contributed by atoms with E-state index in [9.17, 15) is 8.42 Å². The van der Waals surface area contributed by atoms with Crippen molar-refractivity contribution >= 4 is 9.84 Å². The molecule has 0 spiro atoms. The maximum Gasteiger partial charge on any atom is 0.175 e. The Labute approximate surface area is 170 Å². The van der Waals surface area contributed by atoms with E-state index in [2.05, 4.69) is 39.0 Å². The van der Waals surface area contributed by atoms with Crippen LogP contribution in [0.1, 0.15) is 69.4 Å². The van der Waals surface area contributed by atoms with Crippen molar-refractivity contribution < 1.29 is 13.2 Å². The number of hydrogen-bond acceptors (Lipinski definition) is 3. The highest BCUT2D eigenvalue weighted by Crippen LogP contribution is 2.42. The van der Waals surface area contributed by atoms with Gasteiger partial charge in [0.1, 0.15) is 5.75 Å². The van der Waals surface area contributed by atoms with Crippen LogP contribution < -0.4 is 4.74 Å². The van der Waals surface area contributed by atoms with Crippen LogP contribution in [0.5, 0.6) is 5.75 Å². The Morgan fingerprint density at radius 1 is 1.04 bits per heavy atom. The smallest absolute Gasteiger partial charge is 0.175 e. The Kier molecular flexibility index (Phi) is 6.49. The summed E-state index contributed by atoms with van der Waals surface area (Å²) in [6.45, 7) is 6.41. The maximum atomic E-state index is 11.6. The first kappa shape index (κ1) is 20.9. The van der Waals surface area contributed by atoms with E-state index in [4.69, 9.17) is 4.74 Å². The van der Waals surface area contributed by atoms with Crippen LogP contribution >= 0.6 is 0 Å². The van der Waals surface area contributed by atoms with Gasteiger partial charge in [0.2, 0.25) is 0 Å². The molecule has 0 heterocycles. The van der Waals surface area contributed by atoms with E-state index in [1.807, 2.05) is 18.2 Å². The summed E-state index contributed by atoms with van der Waals surface area (Å²) in [5.74, 6) is 2.72. The number of ether oxygens (including phenoxy) is 1. The van der Waals surface area contributed by atoms with E-state index < -0.39 is 9.84 Å². The van der Waals surface area contributed by atoms with Crippen molar-refractivity contribution in [3.63, 3.8) is 0 Å². The maximum absolute atomic E-state index is 11.6. The summed E-state index contributed by atoms with van der Waals surface area (Å²) in [5, 5.41) is 0. The van der Waals surface area contributed by atoms with Gasteiger partial charge >= 0.3 is 0 Å². The summed E-state index contributed by atoms with van der Waals surface area (Å²) in [7, 11) is -3.12. The Morgan fingerprint density at radius 3 is 2.39 bits per heavy atom. The molecule has 28 heavy (non-hydrogen) atoms. The third-order valence-corrected chi connectivity index (χ3v) is 6.94. The van der Waals surface area contributed by atoms with Crippen LogP contribution in [0.2, 0.25) is 0 Å². The Morgan fingerprint density at radius 2 is 1.75 bits per heavy atom. The zero-order valence-electron chi connectivity index (χ0n) is 17.4. The lowest BCUT2D eigenvalue weighted by Gasteiger charge is -2.19. The molecule has 1 saturated carbocycles. The fourth-order valence-corrected chi connectivity index (χ4v) is 5.01. The zero-order valence-corrected chi connectivity index (χ0v) is 18.2. The Balaban J connectivity index is 1.60. The van der Waals surface area contributed by atoms with Gasteiger partial charge in [-0.05, 0) is 92.7 Å². The molecule has 1 unspecified atom stereocenters. The molecule has 2 aromatic rings. The molecule has 0 aromatic heterocycles. The average molecular weight is 401 g/mol. The van der Waals surface area contributed by atoms with E-state index >= 15 is 0 Å². The topological polar surface area (TPSA) is 43.4 Å². The standard InChI is InChI=1S/C24H32O3S/c1-17(2)27-23-7-5-6-21(16-23)18(3)14-19-8-9-22(15-19)20-10-12-24(13-11-20)28(4,25)26/h5-7,10-13,16-19,22H,8-9,14-15H2,1-4H3/t18-,19?,22-/m0/s1. The molecule has 3 nitrogen and oxygen atoms in total. The van der Waals surface area contributed by atoms with Gasteiger partial charge in [0.15, 0.2) is 9.84 Å². The SMILES string of the molecule is CC(C)Oc1cccc([C@@H](C)CC2CC[C@H](c3ccc(S(C)(=O)=O)cc3)C2)c1. The highest BCUT2D eigenvalue weighted by atomic mass is 32.2. The minimum absolute atomic E-state index is 0.190. The highest BCUT2D eigenvalue weighted by Gasteiger charge is 2.27. The summed E-state index contributed by atoms with van der Waals surface area (Å²) in [6.07, 6.45) is 6.25. The molecule has 2 aromatic carbocycles. The Bertz CT molecular complexity index is 884. The van der Waals surface area contributed by atoms with Crippen LogP contribution in [-0.4, -0.2) is 20.8 Å². The molecule has 0 radical (unpaired) electrons.